The highest BCUT2D eigenvalue weighted by Crippen LogP contribution is 2.27. The second-order valence-corrected chi connectivity index (χ2v) is 8.00. The molecule has 0 aliphatic heterocycles. The van der Waals surface area contributed by atoms with Crippen LogP contribution in [-0.4, -0.2) is 31.4 Å². The van der Waals surface area contributed by atoms with Gasteiger partial charge in [0.05, 0.1) is 11.4 Å². The molecule has 3 rings (SSSR count). The second-order valence-electron chi connectivity index (χ2n) is 5.95. The highest BCUT2D eigenvalue weighted by molar-refractivity contribution is 7.90. The van der Waals surface area contributed by atoms with Gasteiger partial charge in [-0.05, 0) is 42.7 Å². The summed E-state index contributed by atoms with van der Waals surface area (Å²) in [6, 6.07) is 7.92. The molecule has 110 valence electrons. The predicted octanol–water partition coefficient (Wildman–Crippen LogP) is 1.23. The molecule has 2 aliphatic carbocycles. The lowest BCUT2D eigenvalue weighted by Gasteiger charge is -2.17. The Morgan fingerprint density at radius 3 is 2.35 bits per heavy atom. The van der Waals surface area contributed by atoms with Gasteiger partial charge in [-0.15, -0.1) is 0 Å². The van der Waals surface area contributed by atoms with Crippen LogP contribution < -0.4 is 4.72 Å². The largest absolute Gasteiger partial charge is 0.393 e. The van der Waals surface area contributed by atoms with E-state index >= 15 is 0 Å². The van der Waals surface area contributed by atoms with E-state index in [1.54, 1.807) is 0 Å². The predicted molar refractivity (Wildman–Crippen MR) is 77.9 cm³/mol. The van der Waals surface area contributed by atoms with Gasteiger partial charge in [-0.1, -0.05) is 30.7 Å². The number of benzene rings is 1. The molecule has 1 aromatic carbocycles. The van der Waals surface area contributed by atoms with Crippen LogP contribution in [0.15, 0.2) is 24.3 Å². The summed E-state index contributed by atoms with van der Waals surface area (Å²) in [7, 11) is -3.30. The van der Waals surface area contributed by atoms with Crippen LogP contribution in [0, 0.1) is 5.92 Å². The van der Waals surface area contributed by atoms with Gasteiger partial charge in [0.2, 0.25) is 10.0 Å². The number of nitrogens with one attached hydrogen (secondary N) is 1. The fraction of sp³-hybridized carbons (Fsp3) is 0.600. The zero-order chi connectivity index (χ0) is 14.2. The highest BCUT2D eigenvalue weighted by atomic mass is 32.2. The second kappa shape index (κ2) is 5.47. The average molecular weight is 295 g/mol. The van der Waals surface area contributed by atoms with Crippen molar-refractivity contribution in [3.8, 4) is 0 Å². The Kier molecular flexibility index (Phi) is 3.84. The van der Waals surface area contributed by atoms with E-state index in [2.05, 4.69) is 4.72 Å². The lowest BCUT2D eigenvalue weighted by Crippen LogP contribution is -2.39. The minimum atomic E-state index is -3.30. The highest BCUT2D eigenvalue weighted by Gasteiger charge is 2.33. The summed E-state index contributed by atoms with van der Waals surface area (Å²) in [6.07, 6.45) is 3.54. The number of hydrogen-bond acceptors (Lipinski definition) is 3. The number of aliphatic hydroxyl groups excluding tert-OH is 1. The average Bonchev–Trinajstić information content (AvgIpc) is 3.02. The van der Waals surface area contributed by atoms with E-state index in [9.17, 15) is 13.5 Å². The van der Waals surface area contributed by atoms with Crippen molar-refractivity contribution in [1.82, 2.24) is 4.72 Å². The molecule has 0 heterocycles. The van der Waals surface area contributed by atoms with E-state index in [0.717, 1.165) is 30.4 Å². The third kappa shape index (κ3) is 2.75. The van der Waals surface area contributed by atoms with Crippen molar-refractivity contribution in [2.24, 2.45) is 5.92 Å². The van der Waals surface area contributed by atoms with Crippen LogP contribution >= 0.6 is 0 Å². The lowest BCUT2D eigenvalue weighted by molar-refractivity contribution is 0.134. The molecule has 20 heavy (non-hydrogen) atoms. The standard InChI is InChI=1S/C15H21NO3S/c17-15-7-3-6-13(15)10-16-20(18,19)14-8-11-4-1-2-5-12(11)9-14/h1-2,4-5,13-17H,3,6-10H2/t13-,15+/m1/s1. The Balaban J connectivity index is 1.62. The molecule has 0 radical (unpaired) electrons. The number of rotatable bonds is 4. The Hall–Kier alpha value is -0.910. The van der Waals surface area contributed by atoms with Crippen molar-refractivity contribution in [1.29, 1.82) is 0 Å². The molecule has 0 unspecified atom stereocenters. The Morgan fingerprint density at radius 1 is 1.15 bits per heavy atom. The number of hydrogen-bond donors (Lipinski definition) is 2. The molecule has 2 aliphatic rings. The molecule has 2 atom stereocenters. The summed E-state index contributed by atoms with van der Waals surface area (Å²) < 4.78 is 27.5. The number of fused-ring (bicyclic) bond motifs is 1. The van der Waals surface area contributed by atoms with Gasteiger partial charge in [0.25, 0.3) is 0 Å². The third-order valence-electron chi connectivity index (χ3n) is 4.62. The number of sulfonamides is 1. The Bertz CT molecular complexity index is 560. The monoisotopic (exact) mass is 295 g/mol. The maximum atomic E-state index is 12.4. The topological polar surface area (TPSA) is 66.4 Å². The minimum Gasteiger partial charge on any atom is -0.393 e. The van der Waals surface area contributed by atoms with Gasteiger partial charge in [0.15, 0.2) is 0 Å². The van der Waals surface area contributed by atoms with Crippen LogP contribution in [0.25, 0.3) is 0 Å². The Labute approximate surface area is 120 Å². The first kappa shape index (κ1) is 14.0. The SMILES string of the molecule is O=S(=O)(NC[C@H]1CCC[C@@H]1O)C1Cc2ccccc2C1. The molecule has 1 saturated carbocycles. The minimum absolute atomic E-state index is 0.0774. The summed E-state index contributed by atoms with van der Waals surface area (Å²) in [5, 5.41) is 9.40. The van der Waals surface area contributed by atoms with E-state index in [0.29, 0.717) is 19.4 Å². The lowest BCUT2D eigenvalue weighted by atomic mass is 10.1. The molecule has 0 amide bonds. The van der Waals surface area contributed by atoms with Crippen molar-refractivity contribution in [3.05, 3.63) is 35.4 Å². The molecular weight excluding hydrogens is 274 g/mol. The smallest absolute Gasteiger partial charge is 0.215 e. The molecule has 1 fully saturated rings. The fourth-order valence-corrected chi connectivity index (χ4v) is 4.81. The molecule has 4 nitrogen and oxygen atoms in total. The fourth-order valence-electron chi connectivity index (χ4n) is 3.33. The van der Waals surface area contributed by atoms with Crippen LogP contribution in [0.5, 0.6) is 0 Å². The van der Waals surface area contributed by atoms with Gasteiger partial charge < -0.3 is 5.11 Å². The van der Waals surface area contributed by atoms with Gasteiger partial charge in [-0.2, -0.15) is 0 Å². The summed E-state index contributed by atoms with van der Waals surface area (Å²) in [6.45, 7) is 0.371. The molecule has 0 saturated heterocycles. The maximum Gasteiger partial charge on any atom is 0.215 e. The first-order valence-corrected chi connectivity index (χ1v) is 8.84. The van der Waals surface area contributed by atoms with Gasteiger partial charge in [-0.3, -0.25) is 0 Å². The van der Waals surface area contributed by atoms with E-state index in [4.69, 9.17) is 0 Å². The normalized spacial score (nSPS) is 26.9. The van der Waals surface area contributed by atoms with Crippen LogP contribution in [-0.2, 0) is 22.9 Å². The van der Waals surface area contributed by atoms with Crippen molar-refractivity contribution in [2.75, 3.05) is 6.54 Å². The van der Waals surface area contributed by atoms with Crippen molar-refractivity contribution < 1.29 is 13.5 Å². The van der Waals surface area contributed by atoms with Gasteiger partial charge in [-0.25, -0.2) is 13.1 Å². The van der Waals surface area contributed by atoms with Gasteiger partial charge in [0.1, 0.15) is 0 Å². The van der Waals surface area contributed by atoms with Crippen LogP contribution in [0.1, 0.15) is 30.4 Å². The molecule has 0 spiro atoms. The maximum absolute atomic E-state index is 12.4. The van der Waals surface area contributed by atoms with Gasteiger partial charge in [0, 0.05) is 6.54 Å². The summed E-state index contributed by atoms with van der Waals surface area (Å²) in [4.78, 5) is 0. The van der Waals surface area contributed by atoms with Crippen molar-refractivity contribution >= 4 is 10.0 Å². The van der Waals surface area contributed by atoms with E-state index in [-0.39, 0.29) is 17.3 Å². The molecule has 0 aromatic heterocycles. The first-order valence-electron chi connectivity index (χ1n) is 7.29. The van der Waals surface area contributed by atoms with Crippen LogP contribution in [0.2, 0.25) is 0 Å². The van der Waals surface area contributed by atoms with Crippen LogP contribution in [0.4, 0.5) is 0 Å². The Morgan fingerprint density at radius 2 is 1.80 bits per heavy atom. The van der Waals surface area contributed by atoms with Crippen LogP contribution in [0.3, 0.4) is 0 Å². The van der Waals surface area contributed by atoms with E-state index in [1.807, 2.05) is 24.3 Å². The summed E-state index contributed by atoms with van der Waals surface area (Å²) >= 11 is 0. The van der Waals surface area contributed by atoms with Crippen molar-refractivity contribution in [2.45, 2.75) is 43.5 Å². The first-order chi connectivity index (χ1) is 9.56. The molecule has 2 N–H and O–H groups in total. The molecule has 1 aromatic rings. The molecule has 5 heteroatoms. The van der Waals surface area contributed by atoms with Gasteiger partial charge >= 0.3 is 0 Å². The molecular formula is C15H21NO3S. The molecule has 0 bridgehead atoms. The zero-order valence-corrected chi connectivity index (χ0v) is 12.3. The summed E-state index contributed by atoms with van der Waals surface area (Å²) in [5.74, 6) is 0.0774. The third-order valence-corrected chi connectivity index (χ3v) is 6.40. The van der Waals surface area contributed by atoms with E-state index in [1.165, 1.54) is 0 Å². The number of aliphatic hydroxyl groups is 1. The zero-order valence-electron chi connectivity index (χ0n) is 11.5. The quantitative estimate of drug-likeness (QED) is 0.878. The van der Waals surface area contributed by atoms with Crippen molar-refractivity contribution in [3.63, 3.8) is 0 Å². The van der Waals surface area contributed by atoms with E-state index < -0.39 is 10.0 Å². The summed E-state index contributed by atoms with van der Waals surface area (Å²) in [5.41, 5.74) is 2.28.